The normalized spacial score (nSPS) is 11.2. The van der Waals surface area contributed by atoms with Crippen LogP contribution in [0.2, 0.25) is 0 Å². The van der Waals surface area contributed by atoms with Crippen molar-refractivity contribution in [3.05, 3.63) is 91.0 Å². The first kappa shape index (κ1) is 15.1. The molecule has 0 saturated carbocycles. The fourth-order valence-electron chi connectivity index (χ4n) is 2.64. The molecule has 0 saturated heterocycles. The van der Waals surface area contributed by atoms with Gasteiger partial charge >= 0.3 is 0 Å². The molecule has 0 amide bonds. The standard InChI is InChI=1S/C20H17N5/c1-16-22-11-13-25(16)20-6-2-17(3-7-20)14-23-18-4-8-19(9-5-18)24-12-10-21-15-24/h2-15H,1H3. The van der Waals surface area contributed by atoms with E-state index in [9.17, 15) is 0 Å². The SMILES string of the molecule is Cc1nccn1-c1ccc(C=Nc2ccc(-n3ccnc3)cc2)cc1. The van der Waals surface area contributed by atoms with Crippen LogP contribution in [-0.4, -0.2) is 25.3 Å². The van der Waals surface area contributed by atoms with Crippen molar-refractivity contribution in [2.24, 2.45) is 4.99 Å². The Kier molecular flexibility index (Phi) is 3.96. The number of rotatable bonds is 4. The fourth-order valence-corrected chi connectivity index (χ4v) is 2.64. The molecule has 0 unspecified atom stereocenters. The van der Waals surface area contributed by atoms with Crippen LogP contribution in [0.1, 0.15) is 11.4 Å². The summed E-state index contributed by atoms with van der Waals surface area (Å²) in [6.45, 7) is 1.99. The second-order valence-corrected chi connectivity index (χ2v) is 5.68. The van der Waals surface area contributed by atoms with E-state index in [1.165, 1.54) is 0 Å². The number of benzene rings is 2. The quantitative estimate of drug-likeness (QED) is 0.529. The van der Waals surface area contributed by atoms with Crippen LogP contribution in [0, 0.1) is 6.92 Å². The van der Waals surface area contributed by atoms with Crippen molar-refractivity contribution in [3.63, 3.8) is 0 Å². The maximum absolute atomic E-state index is 4.54. The summed E-state index contributed by atoms with van der Waals surface area (Å²) in [5.74, 6) is 0.972. The lowest BCUT2D eigenvalue weighted by atomic mass is 10.2. The van der Waals surface area contributed by atoms with Gasteiger partial charge in [-0.15, -0.1) is 0 Å². The van der Waals surface area contributed by atoms with Crippen LogP contribution in [0.5, 0.6) is 0 Å². The van der Waals surface area contributed by atoms with E-state index in [0.29, 0.717) is 0 Å². The van der Waals surface area contributed by atoms with Crippen molar-refractivity contribution in [1.29, 1.82) is 0 Å². The fraction of sp³-hybridized carbons (Fsp3) is 0.0500. The minimum Gasteiger partial charge on any atom is -0.306 e. The lowest BCUT2D eigenvalue weighted by Crippen LogP contribution is -1.95. The van der Waals surface area contributed by atoms with Crippen molar-refractivity contribution >= 4 is 11.9 Å². The topological polar surface area (TPSA) is 48.0 Å². The molecule has 2 heterocycles. The summed E-state index contributed by atoms with van der Waals surface area (Å²) in [5, 5.41) is 0. The Morgan fingerprint density at radius 2 is 1.64 bits per heavy atom. The highest BCUT2D eigenvalue weighted by Gasteiger charge is 2.00. The first-order valence-corrected chi connectivity index (χ1v) is 8.02. The third kappa shape index (κ3) is 3.26. The van der Waals surface area contributed by atoms with Gasteiger partial charge in [0.25, 0.3) is 0 Å². The highest BCUT2D eigenvalue weighted by Crippen LogP contribution is 2.16. The molecule has 0 radical (unpaired) electrons. The summed E-state index contributed by atoms with van der Waals surface area (Å²) >= 11 is 0. The van der Waals surface area contributed by atoms with Gasteiger partial charge in [0, 0.05) is 42.4 Å². The molecule has 0 aliphatic carbocycles. The zero-order chi connectivity index (χ0) is 17.1. The van der Waals surface area contributed by atoms with Crippen molar-refractivity contribution < 1.29 is 0 Å². The van der Waals surface area contributed by atoms with E-state index in [2.05, 4.69) is 43.8 Å². The predicted octanol–water partition coefficient (Wildman–Crippen LogP) is 4.12. The van der Waals surface area contributed by atoms with E-state index in [-0.39, 0.29) is 0 Å². The summed E-state index contributed by atoms with van der Waals surface area (Å²) in [6, 6.07) is 16.3. The Bertz CT molecular complexity index is 978. The molecule has 25 heavy (non-hydrogen) atoms. The first-order chi connectivity index (χ1) is 12.3. The van der Waals surface area contributed by atoms with E-state index in [0.717, 1.165) is 28.5 Å². The Labute approximate surface area is 146 Å². The molecule has 0 N–H and O–H groups in total. The second-order valence-electron chi connectivity index (χ2n) is 5.68. The van der Waals surface area contributed by atoms with Gasteiger partial charge in [-0.25, -0.2) is 9.97 Å². The molecule has 122 valence electrons. The van der Waals surface area contributed by atoms with Crippen molar-refractivity contribution in [2.45, 2.75) is 6.92 Å². The minimum atomic E-state index is 0.915. The van der Waals surface area contributed by atoms with Gasteiger partial charge in [-0.1, -0.05) is 12.1 Å². The van der Waals surface area contributed by atoms with Crippen LogP contribution in [0.25, 0.3) is 11.4 Å². The van der Waals surface area contributed by atoms with Gasteiger partial charge in [-0.2, -0.15) is 0 Å². The third-order valence-electron chi connectivity index (χ3n) is 4.01. The minimum absolute atomic E-state index is 0.915. The summed E-state index contributed by atoms with van der Waals surface area (Å²) in [6.07, 6.45) is 11.1. The third-order valence-corrected chi connectivity index (χ3v) is 4.01. The molecule has 2 aromatic heterocycles. The van der Waals surface area contributed by atoms with Crippen molar-refractivity contribution in [2.75, 3.05) is 0 Å². The molecule has 5 heteroatoms. The molecule has 5 nitrogen and oxygen atoms in total. The van der Waals surface area contributed by atoms with E-state index < -0.39 is 0 Å². The Morgan fingerprint density at radius 3 is 2.28 bits per heavy atom. The number of hydrogen-bond donors (Lipinski definition) is 0. The Hall–Kier alpha value is -3.47. The zero-order valence-corrected chi connectivity index (χ0v) is 13.8. The average molecular weight is 327 g/mol. The molecule has 0 bridgehead atoms. The predicted molar refractivity (Wildman–Crippen MR) is 99.1 cm³/mol. The van der Waals surface area contributed by atoms with Gasteiger partial charge in [-0.3, -0.25) is 4.99 Å². The van der Waals surface area contributed by atoms with Gasteiger partial charge in [0.05, 0.1) is 12.0 Å². The van der Waals surface area contributed by atoms with Crippen molar-refractivity contribution in [3.8, 4) is 11.4 Å². The highest BCUT2D eigenvalue weighted by molar-refractivity contribution is 5.82. The van der Waals surface area contributed by atoms with Gasteiger partial charge < -0.3 is 9.13 Å². The molecule has 0 spiro atoms. The second kappa shape index (κ2) is 6.57. The summed E-state index contributed by atoms with van der Waals surface area (Å²) in [4.78, 5) is 12.8. The van der Waals surface area contributed by atoms with Crippen LogP contribution >= 0.6 is 0 Å². The molecule has 0 fully saturated rings. The van der Waals surface area contributed by atoms with Crippen LogP contribution in [0.3, 0.4) is 0 Å². The molecular weight excluding hydrogens is 310 g/mol. The molecule has 0 aliphatic rings. The van der Waals surface area contributed by atoms with E-state index in [1.807, 2.05) is 54.4 Å². The maximum atomic E-state index is 4.54. The smallest absolute Gasteiger partial charge is 0.110 e. The van der Waals surface area contributed by atoms with Gasteiger partial charge in [-0.05, 0) is 48.9 Å². The largest absolute Gasteiger partial charge is 0.306 e. The molecule has 0 aliphatic heterocycles. The van der Waals surface area contributed by atoms with Gasteiger partial charge in [0.15, 0.2) is 0 Å². The average Bonchev–Trinajstić information content (AvgIpc) is 3.33. The monoisotopic (exact) mass is 327 g/mol. The number of aromatic nitrogens is 4. The molecule has 4 rings (SSSR count). The number of nitrogens with zero attached hydrogens (tertiary/aromatic N) is 5. The molecule has 4 aromatic rings. The Balaban J connectivity index is 1.49. The van der Waals surface area contributed by atoms with E-state index in [4.69, 9.17) is 0 Å². The highest BCUT2D eigenvalue weighted by atomic mass is 15.1. The lowest BCUT2D eigenvalue weighted by molar-refractivity contribution is 0.975. The number of aliphatic imine (C=N–C) groups is 1. The maximum Gasteiger partial charge on any atom is 0.110 e. The summed E-state index contributed by atoms with van der Waals surface area (Å²) in [7, 11) is 0. The number of hydrogen-bond acceptors (Lipinski definition) is 3. The van der Waals surface area contributed by atoms with E-state index >= 15 is 0 Å². The van der Waals surface area contributed by atoms with Gasteiger partial charge in [0.2, 0.25) is 0 Å². The van der Waals surface area contributed by atoms with Crippen LogP contribution in [0.4, 0.5) is 5.69 Å². The van der Waals surface area contributed by atoms with Crippen LogP contribution < -0.4 is 0 Å². The number of aryl methyl sites for hydroxylation is 1. The van der Waals surface area contributed by atoms with Crippen molar-refractivity contribution in [1.82, 2.24) is 19.1 Å². The zero-order valence-electron chi connectivity index (χ0n) is 13.8. The summed E-state index contributed by atoms with van der Waals surface area (Å²) in [5.41, 5.74) is 4.13. The molecular formula is C20H17N5. The summed E-state index contributed by atoms with van der Waals surface area (Å²) < 4.78 is 4.01. The van der Waals surface area contributed by atoms with Crippen LogP contribution in [-0.2, 0) is 0 Å². The number of imidazole rings is 2. The lowest BCUT2D eigenvalue weighted by Gasteiger charge is -2.05. The molecule has 0 atom stereocenters. The molecule has 2 aromatic carbocycles. The van der Waals surface area contributed by atoms with Gasteiger partial charge in [0.1, 0.15) is 5.82 Å². The van der Waals surface area contributed by atoms with Crippen LogP contribution in [0.15, 0.2) is 84.6 Å². The van der Waals surface area contributed by atoms with E-state index in [1.54, 1.807) is 18.7 Å². The first-order valence-electron chi connectivity index (χ1n) is 8.02. The Morgan fingerprint density at radius 1 is 0.880 bits per heavy atom.